The summed E-state index contributed by atoms with van der Waals surface area (Å²) in [7, 11) is 2.76. The van der Waals surface area contributed by atoms with Crippen molar-refractivity contribution in [3.8, 4) is 56.0 Å². The number of carboxylic acid groups (broad SMARTS) is 3. The Morgan fingerprint density at radius 1 is 0.520 bits per heavy atom. The van der Waals surface area contributed by atoms with Crippen molar-refractivity contribution >= 4 is 105 Å². The number of pyridine rings is 6. The van der Waals surface area contributed by atoms with Crippen LogP contribution >= 0.6 is 31.9 Å². The number of hydrogen-bond donors (Lipinski definition) is 4. The van der Waals surface area contributed by atoms with Gasteiger partial charge in [0, 0.05) is 167 Å². The summed E-state index contributed by atoms with van der Waals surface area (Å²) < 4.78 is 53.6. The molecule has 27 heteroatoms. The van der Waals surface area contributed by atoms with Crippen molar-refractivity contribution in [3.05, 3.63) is 201 Å². The van der Waals surface area contributed by atoms with Crippen LogP contribution in [0.5, 0.6) is 11.5 Å². The molecule has 100 heavy (non-hydrogen) atoms. The number of carbonyl (C=O) groups is 4. The van der Waals surface area contributed by atoms with Gasteiger partial charge in [0.05, 0.1) is 24.7 Å². The van der Waals surface area contributed by atoms with Crippen molar-refractivity contribution in [1.82, 2.24) is 43.8 Å². The van der Waals surface area contributed by atoms with E-state index in [1.54, 1.807) is 94.3 Å². The second-order valence-electron chi connectivity index (χ2n) is 22.3. The number of aryl methyl sites for hydroxylation is 1. The molecule has 0 saturated carbocycles. The predicted molar refractivity (Wildman–Crippen MR) is 393 cm³/mol. The number of halogens is 3. The number of fused-ring (bicyclic) bond motifs is 2. The molecule has 11 rings (SSSR count). The van der Waals surface area contributed by atoms with Gasteiger partial charge in [0.1, 0.15) is 51.3 Å². The van der Waals surface area contributed by atoms with Crippen LogP contribution in [0.1, 0.15) is 88.5 Å². The van der Waals surface area contributed by atoms with Crippen LogP contribution < -0.4 is 24.2 Å². The van der Waals surface area contributed by atoms with E-state index in [4.69, 9.17) is 24.7 Å². The summed E-state index contributed by atoms with van der Waals surface area (Å²) in [6, 6.07) is 32.0. The molecule has 0 unspecified atom stereocenters. The summed E-state index contributed by atoms with van der Waals surface area (Å²) in [5.74, 6) is -1.41. The SMILES string of the molecule is CCN(CC)c1ncc(-c2cnc3[nH]cc(-c4ccccc4OC)c3c2)cc1C(=O)N(C)C.CCN(CC)c1ncc(-c2cnc3c(c2)c(-c2ccccc2OC)cn3S(=O)(=O)c2ccc(C)cc2)cc1C(=O)O.CCN(CC)c1ncc(Br)cc1C(=O)O.O=C(O)c1cc(Br)cnc1F. The van der Waals surface area contributed by atoms with Gasteiger partial charge in [0.25, 0.3) is 15.9 Å². The summed E-state index contributed by atoms with van der Waals surface area (Å²) in [6.45, 7) is 18.1. The van der Waals surface area contributed by atoms with E-state index in [1.807, 2.05) is 118 Å². The number of anilines is 3. The Balaban J connectivity index is 0.000000190. The lowest BCUT2D eigenvalue weighted by Gasteiger charge is -2.24. The van der Waals surface area contributed by atoms with Crippen molar-refractivity contribution < 1.29 is 56.8 Å². The number of aromatic carboxylic acids is 3. The molecule has 520 valence electrons. The first-order chi connectivity index (χ1) is 47.9. The minimum atomic E-state index is -3.99. The molecule has 4 N–H and O–H groups in total. The van der Waals surface area contributed by atoms with Crippen LogP contribution in [0.15, 0.2) is 173 Å². The smallest absolute Gasteiger partial charge is 0.340 e. The van der Waals surface area contributed by atoms with Gasteiger partial charge in [-0.3, -0.25) is 4.79 Å². The number of aromatic nitrogens is 8. The molecule has 0 saturated heterocycles. The van der Waals surface area contributed by atoms with Gasteiger partial charge in [-0.25, -0.2) is 56.7 Å². The maximum atomic E-state index is 13.8. The first-order valence-corrected chi connectivity index (χ1v) is 34.6. The predicted octanol–water partition coefficient (Wildman–Crippen LogP) is 14.8. The molecular formula is C73H75Br2FN12O11S. The van der Waals surface area contributed by atoms with E-state index >= 15 is 0 Å². The number of nitrogens with one attached hydrogen (secondary N) is 1. The van der Waals surface area contributed by atoms with Gasteiger partial charge in [-0.1, -0.05) is 54.1 Å². The number of hydrogen-bond acceptors (Lipinski definition) is 17. The molecule has 23 nitrogen and oxygen atoms in total. The van der Waals surface area contributed by atoms with Crippen LogP contribution in [0.3, 0.4) is 0 Å². The van der Waals surface area contributed by atoms with Gasteiger partial charge < -0.3 is 49.4 Å². The quantitative estimate of drug-likeness (QED) is 0.0486. The highest BCUT2D eigenvalue weighted by Crippen LogP contribution is 2.40. The van der Waals surface area contributed by atoms with E-state index in [1.165, 1.54) is 16.4 Å². The highest BCUT2D eigenvalue weighted by molar-refractivity contribution is 9.10. The van der Waals surface area contributed by atoms with E-state index in [0.29, 0.717) is 78.4 Å². The number of ether oxygens (including phenoxy) is 2. The van der Waals surface area contributed by atoms with E-state index in [0.717, 1.165) is 76.8 Å². The van der Waals surface area contributed by atoms with Crippen molar-refractivity contribution in [3.63, 3.8) is 0 Å². The Kier molecular flexibility index (Phi) is 25.4. The van der Waals surface area contributed by atoms with Crippen molar-refractivity contribution in [1.29, 1.82) is 0 Å². The largest absolute Gasteiger partial charge is 0.496 e. The fourth-order valence-corrected chi connectivity index (χ4v) is 12.8. The van der Waals surface area contributed by atoms with Crippen molar-refractivity contribution in [2.75, 3.05) is 82.3 Å². The van der Waals surface area contributed by atoms with E-state index in [-0.39, 0.29) is 27.6 Å². The number of nitrogens with zero attached hydrogens (tertiary/aromatic N) is 11. The molecule has 11 aromatic rings. The van der Waals surface area contributed by atoms with Crippen LogP contribution in [0.25, 0.3) is 66.6 Å². The van der Waals surface area contributed by atoms with Gasteiger partial charge in [0.2, 0.25) is 5.95 Å². The number of methoxy groups -OCH3 is 2. The molecule has 0 aliphatic carbocycles. The highest BCUT2D eigenvalue weighted by atomic mass is 79.9. The summed E-state index contributed by atoms with van der Waals surface area (Å²) >= 11 is 6.19. The Morgan fingerprint density at radius 2 is 0.940 bits per heavy atom. The maximum absolute atomic E-state index is 13.8. The van der Waals surface area contributed by atoms with Crippen LogP contribution in [0.4, 0.5) is 21.8 Å². The Labute approximate surface area is 595 Å². The molecule has 0 aliphatic heterocycles. The molecule has 0 bridgehead atoms. The minimum absolute atomic E-state index is 0.0726. The molecule has 8 aromatic heterocycles. The third kappa shape index (κ3) is 16.9. The summed E-state index contributed by atoms with van der Waals surface area (Å²) in [5, 5.41) is 28.9. The zero-order valence-electron chi connectivity index (χ0n) is 56.8. The average molecular weight is 1510 g/mol. The van der Waals surface area contributed by atoms with Crippen LogP contribution in [-0.4, -0.2) is 159 Å². The summed E-state index contributed by atoms with van der Waals surface area (Å²) in [4.78, 5) is 83.1. The number of para-hydroxylation sites is 2. The molecule has 1 amide bonds. The van der Waals surface area contributed by atoms with Crippen LogP contribution in [-0.2, 0) is 10.0 Å². The molecule has 0 fully saturated rings. The lowest BCUT2D eigenvalue weighted by molar-refractivity contribution is 0.0681. The van der Waals surface area contributed by atoms with Crippen molar-refractivity contribution in [2.45, 2.75) is 53.4 Å². The number of carbonyl (C=O) groups excluding carboxylic acids is 1. The molecule has 3 aromatic carbocycles. The topological polar surface area (TPSA) is 293 Å². The second-order valence-corrected chi connectivity index (χ2v) is 26.0. The Bertz CT molecular complexity index is 4890. The minimum Gasteiger partial charge on any atom is -0.496 e. The van der Waals surface area contributed by atoms with Gasteiger partial charge in [-0.2, -0.15) is 4.39 Å². The lowest BCUT2D eigenvalue weighted by Crippen LogP contribution is -2.29. The Morgan fingerprint density at radius 3 is 1.43 bits per heavy atom. The lowest BCUT2D eigenvalue weighted by atomic mass is 10.0. The fourth-order valence-electron chi connectivity index (χ4n) is 10.9. The number of carboxylic acids is 3. The third-order valence-electron chi connectivity index (χ3n) is 16.1. The number of aromatic amines is 1. The molecule has 0 atom stereocenters. The number of H-pyrrole nitrogens is 1. The summed E-state index contributed by atoms with van der Waals surface area (Å²) in [6.07, 6.45) is 13.1. The standard InChI is InChI=1S/C31H30N4O5S.C26H29N5O2.C10H13BrN2O2.C6H3BrFNO2/c1-5-34(6-2)29-26(31(36)37)16-22(17-32-29)21-15-25-27(24-9-7-8-10-28(24)40-4)19-35(30(25)33-18-21)41(38,39)23-13-11-20(3)12-14-23;1-6-31(7-2)25-21(26(32)30(3)4)13-18(15-29-25)17-12-20-22(16-28-24(20)27-14-17)19-10-8-9-11-23(19)33-5;1-3-13(4-2)9-8(10(14)15)5-7(11)6-12-9;7-3-1-4(6(10)11)5(8)9-2-3/h7-19H,5-6H2,1-4H3,(H,36,37);8-16H,6-7H2,1-5H3,(H,27,28);5-6H,3-4H2,1-2H3,(H,14,15);1-2H,(H,10,11). The highest BCUT2D eigenvalue weighted by Gasteiger charge is 2.27. The molecule has 0 radical (unpaired) electrons. The normalized spacial score (nSPS) is 10.9. The van der Waals surface area contributed by atoms with E-state index < -0.39 is 39.4 Å². The molecule has 0 aliphatic rings. The first kappa shape index (κ1) is 75.1. The first-order valence-electron chi connectivity index (χ1n) is 31.6. The second kappa shape index (κ2) is 33.7. The zero-order valence-corrected chi connectivity index (χ0v) is 60.8. The van der Waals surface area contributed by atoms with Gasteiger partial charge >= 0.3 is 17.9 Å². The third-order valence-corrected chi connectivity index (χ3v) is 18.6. The van der Waals surface area contributed by atoms with E-state index in [9.17, 15) is 37.1 Å². The molecular weight excluding hydrogens is 1430 g/mol. The molecule has 8 heterocycles. The van der Waals surface area contributed by atoms with Crippen LogP contribution in [0.2, 0.25) is 0 Å². The Hall–Kier alpha value is -10.6. The average Bonchev–Trinajstić information content (AvgIpc) is 1.56. The monoisotopic (exact) mass is 1500 g/mol. The van der Waals surface area contributed by atoms with Gasteiger partial charge in [-0.05, 0) is 141 Å². The number of amides is 1. The maximum Gasteiger partial charge on any atom is 0.340 e. The number of rotatable bonds is 21. The van der Waals surface area contributed by atoms with Crippen molar-refractivity contribution in [2.24, 2.45) is 0 Å². The summed E-state index contributed by atoms with van der Waals surface area (Å²) in [5.41, 5.74) is 8.61. The molecule has 0 spiro atoms. The van der Waals surface area contributed by atoms with Gasteiger partial charge in [-0.15, -0.1) is 0 Å². The zero-order chi connectivity index (χ0) is 72.7. The van der Waals surface area contributed by atoms with Crippen LogP contribution in [0, 0.1) is 12.9 Å². The van der Waals surface area contributed by atoms with E-state index in [2.05, 4.69) is 86.6 Å². The number of benzene rings is 3. The van der Waals surface area contributed by atoms with Gasteiger partial charge in [0.15, 0.2) is 5.65 Å². The fraction of sp³-hybridized carbons (Fsp3) is 0.233.